The van der Waals surface area contributed by atoms with Crippen molar-refractivity contribution in [3.8, 4) is 0 Å². The normalized spacial score (nSPS) is 9.67. The first kappa shape index (κ1) is 23.4. The van der Waals surface area contributed by atoms with Crippen LogP contribution in [0.1, 0.15) is 0 Å². The second-order valence-electron chi connectivity index (χ2n) is 0.816. The summed E-state index contributed by atoms with van der Waals surface area (Å²) in [5.41, 5.74) is 0. The minimum absolute atomic E-state index is 0. The average Bonchev–Trinajstić information content (AvgIpc) is 1.12. The van der Waals surface area contributed by atoms with Gasteiger partial charge in [0.2, 0.25) is 0 Å². The van der Waals surface area contributed by atoms with Crippen molar-refractivity contribution in [2.24, 2.45) is 0 Å². The molecule has 0 aromatic heterocycles. The molecule has 0 unspecified atom stereocenters. The largest absolute Gasteiger partial charge is 2.00 e. The van der Waals surface area contributed by atoms with E-state index in [2.05, 4.69) is 0 Å². The molecule has 0 saturated carbocycles. The molecule has 8 nitrogen and oxygen atoms in total. The summed E-state index contributed by atoms with van der Waals surface area (Å²) in [5, 5.41) is 0. The van der Waals surface area contributed by atoms with Gasteiger partial charge >= 0.3 is 54.2 Å². The maximum atomic E-state index is 8.52. The van der Waals surface area contributed by atoms with Gasteiger partial charge < -0.3 is 18.2 Å². The third-order valence-electron chi connectivity index (χ3n) is 0. The zero-order valence-corrected chi connectivity index (χ0v) is 9.93. The summed E-state index contributed by atoms with van der Waals surface area (Å²) in [6.45, 7) is 0. The minimum atomic E-state index is -5.17. The van der Waals surface area contributed by atoms with Crippen LogP contribution in [0.5, 0.6) is 0 Å². The molecular formula is CaNiO8S2. The van der Waals surface area contributed by atoms with Crippen LogP contribution in [0.3, 0.4) is 0 Å². The molecule has 12 heteroatoms. The van der Waals surface area contributed by atoms with E-state index in [4.69, 9.17) is 35.0 Å². The van der Waals surface area contributed by atoms with Crippen molar-refractivity contribution in [1.82, 2.24) is 0 Å². The average molecular weight is 291 g/mol. The molecule has 0 aromatic carbocycles. The Morgan fingerprint density at radius 3 is 0.667 bits per heavy atom. The molecule has 0 fully saturated rings. The van der Waals surface area contributed by atoms with Crippen molar-refractivity contribution in [3.05, 3.63) is 0 Å². The fraction of sp³-hybridized carbons (Fsp3) is 0. The summed E-state index contributed by atoms with van der Waals surface area (Å²) in [4.78, 5) is 0. The van der Waals surface area contributed by atoms with Crippen LogP contribution in [-0.4, -0.2) is 72.8 Å². The molecule has 0 aromatic rings. The van der Waals surface area contributed by atoms with E-state index in [-0.39, 0.29) is 54.2 Å². The molecule has 0 N–H and O–H groups in total. The monoisotopic (exact) mass is 290 g/mol. The van der Waals surface area contributed by atoms with Crippen LogP contribution < -0.4 is 0 Å². The van der Waals surface area contributed by atoms with Gasteiger partial charge in [0, 0.05) is 20.8 Å². The second kappa shape index (κ2) is 9.06. The van der Waals surface area contributed by atoms with Gasteiger partial charge in [0.1, 0.15) is 0 Å². The molecule has 0 bridgehead atoms. The first-order chi connectivity index (χ1) is 4.00. The van der Waals surface area contributed by atoms with Crippen molar-refractivity contribution in [2.75, 3.05) is 0 Å². The van der Waals surface area contributed by atoms with Crippen molar-refractivity contribution in [2.45, 2.75) is 0 Å². The van der Waals surface area contributed by atoms with Crippen LogP contribution in [0.4, 0.5) is 0 Å². The Morgan fingerprint density at radius 1 is 0.667 bits per heavy atom. The number of hydrogen-bond donors (Lipinski definition) is 0. The molecular weight excluding hydrogens is 291 g/mol. The zero-order chi connectivity index (χ0) is 9.00. The Kier molecular flexibility index (Phi) is 17.7. The summed E-state index contributed by atoms with van der Waals surface area (Å²) < 4.78 is 68.2. The predicted molar refractivity (Wildman–Crippen MR) is 26.7 cm³/mol. The maximum absolute atomic E-state index is 8.52. The van der Waals surface area contributed by atoms with Gasteiger partial charge in [-0.1, -0.05) is 0 Å². The van der Waals surface area contributed by atoms with Crippen LogP contribution in [0, 0.1) is 0 Å². The van der Waals surface area contributed by atoms with E-state index < -0.39 is 20.8 Å². The Balaban J connectivity index is -0.0000000457. The van der Waals surface area contributed by atoms with Gasteiger partial charge in [0.25, 0.3) is 0 Å². The SMILES string of the molecule is O=S(=O)([O-])[O-].O=S(=O)([O-])[O-].[Ca+2].[Ni+2]. The molecule has 0 rings (SSSR count). The second-order valence-corrected chi connectivity index (χ2v) is 2.45. The van der Waals surface area contributed by atoms with E-state index in [1.165, 1.54) is 0 Å². The molecule has 12 heavy (non-hydrogen) atoms. The summed E-state index contributed by atoms with van der Waals surface area (Å²) in [5.74, 6) is 0. The van der Waals surface area contributed by atoms with Gasteiger partial charge in [-0.05, 0) is 0 Å². The summed E-state index contributed by atoms with van der Waals surface area (Å²) >= 11 is 0. The van der Waals surface area contributed by atoms with Gasteiger partial charge in [-0.25, -0.2) is 0 Å². The standard InChI is InChI=1S/Ca.Ni.2H2O4S/c;;2*1-5(2,3)4/h;;2*(H2,1,2,3,4)/q2*+2;;/p-4. The smallest absolute Gasteiger partial charge is 0.759 e. The molecule has 0 saturated heterocycles. The topological polar surface area (TPSA) is 161 Å². The first-order valence-electron chi connectivity index (χ1n) is 1.33. The van der Waals surface area contributed by atoms with E-state index in [9.17, 15) is 0 Å². The Labute approximate surface area is 109 Å². The molecule has 0 aliphatic heterocycles. The summed E-state index contributed by atoms with van der Waals surface area (Å²) in [6.07, 6.45) is 0. The molecule has 0 heterocycles. The predicted octanol–water partition coefficient (Wildman–Crippen LogP) is -3.06. The van der Waals surface area contributed by atoms with Crippen molar-refractivity contribution in [3.63, 3.8) is 0 Å². The van der Waals surface area contributed by atoms with Crippen LogP contribution in [0.2, 0.25) is 0 Å². The van der Waals surface area contributed by atoms with Gasteiger partial charge in [0.15, 0.2) is 0 Å². The van der Waals surface area contributed by atoms with Crippen molar-refractivity contribution >= 4 is 58.5 Å². The third kappa shape index (κ3) is 568. The molecule has 0 aliphatic carbocycles. The van der Waals surface area contributed by atoms with Gasteiger partial charge in [-0.2, -0.15) is 0 Å². The van der Waals surface area contributed by atoms with E-state index in [1.54, 1.807) is 0 Å². The molecule has 0 amide bonds. The number of hydrogen-bond acceptors (Lipinski definition) is 8. The molecule has 0 atom stereocenters. The van der Waals surface area contributed by atoms with Crippen LogP contribution in [0.25, 0.3) is 0 Å². The van der Waals surface area contributed by atoms with E-state index in [1.807, 2.05) is 0 Å². The van der Waals surface area contributed by atoms with E-state index in [0.717, 1.165) is 0 Å². The van der Waals surface area contributed by atoms with Gasteiger partial charge in [-0.15, -0.1) is 0 Å². The molecule has 72 valence electrons. The van der Waals surface area contributed by atoms with E-state index >= 15 is 0 Å². The van der Waals surface area contributed by atoms with Gasteiger partial charge in [0.05, 0.1) is 0 Å². The minimum Gasteiger partial charge on any atom is -0.759 e. The van der Waals surface area contributed by atoms with Crippen LogP contribution in [0.15, 0.2) is 0 Å². The van der Waals surface area contributed by atoms with Gasteiger partial charge in [-0.3, -0.25) is 16.8 Å². The van der Waals surface area contributed by atoms with Crippen molar-refractivity contribution in [1.29, 1.82) is 0 Å². The molecule has 0 radical (unpaired) electrons. The maximum Gasteiger partial charge on any atom is 2.00 e. The zero-order valence-electron chi connectivity index (χ0n) is 5.11. The van der Waals surface area contributed by atoms with E-state index in [0.29, 0.717) is 0 Å². The summed E-state index contributed by atoms with van der Waals surface area (Å²) in [7, 11) is -10.3. The van der Waals surface area contributed by atoms with Crippen LogP contribution in [-0.2, 0) is 37.3 Å². The Hall–Kier alpha value is 1.49. The first-order valence-corrected chi connectivity index (χ1v) is 4.00. The quantitative estimate of drug-likeness (QED) is 0.258. The fourth-order valence-corrected chi connectivity index (χ4v) is 0. The van der Waals surface area contributed by atoms with Crippen molar-refractivity contribution < 1.29 is 51.5 Å². The fourth-order valence-electron chi connectivity index (χ4n) is 0. The molecule has 0 spiro atoms. The third-order valence-corrected chi connectivity index (χ3v) is 0. The van der Waals surface area contributed by atoms with Crippen LogP contribution >= 0.6 is 0 Å². The summed E-state index contributed by atoms with van der Waals surface area (Å²) in [6, 6.07) is 0. The number of rotatable bonds is 0. The Morgan fingerprint density at radius 2 is 0.667 bits per heavy atom. The Bertz CT molecular complexity index is 213. The molecule has 0 aliphatic rings.